The predicted molar refractivity (Wildman–Crippen MR) is 58.7 cm³/mol. The Labute approximate surface area is 91.1 Å². The van der Waals surface area contributed by atoms with Crippen LogP contribution in [0.15, 0.2) is 11.0 Å². The summed E-state index contributed by atoms with van der Waals surface area (Å²) in [6, 6.07) is 0. The molecule has 1 aliphatic carbocycles. The van der Waals surface area contributed by atoms with E-state index in [9.17, 15) is 4.79 Å². The number of H-pyrrole nitrogens is 1. The Bertz CT molecular complexity index is 369. The number of rotatable bonds is 2. The summed E-state index contributed by atoms with van der Waals surface area (Å²) < 4.78 is 0. The number of halogens is 1. The van der Waals surface area contributed by atoms with Crippen LogP contribution >= 0.6 is 15.9 Å². The van der Waals surface area contributed by atoms with Gasteiger partial charge in [0.1, 0.15) is 5.82 Å². The average Bonchev–Trinajstić information content (AvgIpc) is 2.70. The van der Waals surface area contributed by atoms with Crippen molar-refractivity contribution >= 4 is 15.9 Å². The third kappa shape index (κ3) is 1.90. The Hall–Kier alpha value is -0.640. The molecule has 3 nitrogen and oxygen atoms in total. The second-order valence-corrected chi connectivity index (χ2v) is 4.30. The van der Waals surface area contributed by atoms with Gasteiger partial charge < -0.3 is 4.98 Å². The molecule has 1 aromatic heterocycles. The molecule has 2 rings (SSSR count). The first-order chi connectivity index (χ1) is 6.81. The van der Waals surface area contributed by atoms with Gasteiger partial charge in [0.2, 0.25) is 0 Å². The average molecular weight is 257 g/mol. The van der Waals surface area contributed by atoms with Crippen LogP contribution in [0.25, 0.3) is 0 Å². The molecule has 1 aromatic rings. The van der Waals surface area contributed by atoms with Gasteiger partial charge in [0.05, 0.1) is 0 Å². The summed E-state index contributed by atoms with van der Waals surface area (Å²) in [5, 5.41) is 0.570. The normalized spacial score (nSPS) is 17.5. The molecule has 0 amide bonds. The summed E-state index contributed by atoms with van der Waals surface area (Å²) in [5.74, 6) is 1.35. The molecular formula is C10H13BrN2O. The smallest absolute Gasteiger partial charge is 0.254 e. The number of nitrogens with one attached hydrogen (secondary N) is 1. The summed E-state index contributed by atoms with van der Waals surface area (Å²) in [4.78, 5) is 18.7. The Morgan fingerprint density at radius 3 is 2.79 bits per heavy atom. The van der Waals surface area contributed by atoms with Crippen LogP contribution in [-0.4, -0.2) is 9.97 Å². The maximum absolute atomic E-state index is 11.5. The van der Waals surface area contributed by atoms with E-state index in [1.54, 1.807) is 6.20 Å². The van der Waals surface area contributed by atoms with E-state index >= 15 is 0 Å². The van der Waals surface area contributed by atoms with Crippen LogP contribution in [0, 0.1) is 0 Å². The summed E-state index contributed by atoms with van der Waals surface area (Å²) in [5.41, 5.74) is 0.700. The molecule has 1 heterocycles. The fraction of sp³-hybridized carbons (Fsp3) is 0.600. The van der Waals surface area contributed by atoms with Gasteiger partial charge in [-0.2, -0.15) is 0 Å². The number of hydrogen-bond acceptors (Lipinski definition) is 2. The van der Waals surface area contributed by atoms with E-state index in [2.05, 4.69) is 25.9 Å². The van der Waals surface area contributed by atoms with Crippen molar-refractivity contribution in [3.63, 3.8) is 0 Å². The Balaban J connectivity index is 2.27. The minimum atomic E-state index is -0.00113. The molecule has 0 radical (unpaired) electrons. The van der Waals surface area contributed by atoms with Crippen molar-refractivity contribution in [2.45, 2.75) is 36.9 Å². The van der Waals surface area contributed by atoms with E-state index in [1.807, 2.05) is 0 Å². The fourth-order valence-corrected chi connectivity index (χ4v) is 2.34. The summed E-state index contributed by atoms with van der Waals surface area (Å²) in [6.45, 7) is 0. The maximum atomic E-state index is 11.5. The van der Waals surface area contributed by atoms with Gasteiger partial charge in [-0.3, -0.25) is 4.79 Å². The highest BCUT2D eigenvalue weighted by Crippen LogP contribution is 2.31. The lowest BCUT2D eigenvalue weighted by Crippen LogP contribution is -2.16. The Morgan fingerprint density at radius 1 is 1.50 bits per heavy atom. The number of hydrogen-bond donors (Lipinski definition) is 1. The van der Waals surface area contributed by atoms with E-state index < -0.39 is 0 Å². The zero-order chi connectivity index (χ0) is 9.97. The highest BCUT2D eigenvalue weighted by Gasteiger charge is 2.19. The van der Waals surface area contributed by atoms with Crippen molar-refractivity contribution in [2.75, 3.05) is 0 Å². The van der Waals surface area contributed by atoms with Crippen molar-refractivity contribution < 1.29 is 0 Å². The van der Waals surface area contributed by atoms with E-state index in [0.29, 0.717) is 16.8 Å². The topological polar surface area (TPSA) is 45.8 Å². The first-order valence-electron chi connectivity index (χ1n) is 4.95. The lowest BCUT2D eigenvalue weighted by Gasteiger charge is -2.07. The van der Waals surface area contributed by atoms with Crippen LogP contribution in [0.3, 0.4) is 0 Å². The minimum absolute atomic E-state index is 0.00113. The van der Waals surface area contributed by atoms with Gasteiger partial charge >= 0.3 is 0 Å². The summed E-state index contributed by atoms with van der Waals surface area (Å²) in [6.07, 6.45) is 6.53. The maximum Gasteiger partial charge on any atom is 0.254 e. The highest BCUT2D eigenvalue weighted by molar-refractivity contribution is 9.08. The van der Waals surface area contributed by atoms with Crippen molar-refractivity contribution in [3.8, 4) is 0 Å². The van der Waals surface area contributed by atoms with Gasteiger partial charge in [-0.15, -0.1) is 0 Å². The van der Waals surface area contributed by atoms with Crippen LogP contribution < -0.4 is 5.56 Å². The molecule has 1 aliphatic rings. The summed E-state index contributed by atoms with van der Waals surface area (Å²) in [7, 11) is 0. The van der Waals surface area contributed by atoms with Crippen molar-refractivity contribution in [1.82, 2.24) is 9.97 Å². The molecule has 0 atom stereocenters. The second-order valence-electron chi connectivity index (χ2n) is 3.74. The molecule has 1 fully saturated rings. The highest BCUT2D eigenvalue weighted by atomic mass is 79.9. The van der Waals surface area contributed by atoms with E-state index in [4.69, 9.17) is 0 Å². The largest absolute Gasteiger partial charge is 0.310 e. The fourth-order valence-electron chi connectivity index (χ4n) is 1.94. The van der Waals surface area contributed by atoms with Gasteiger partial charge in [0, 0.05) is 23.0 Å². The van der Waals surface area contributed by atoms with E-state index in [-0.39, 0.29) is 5.56 Å². The third-order valence-corrected chi connectivity index (χ3v) is 3.38. The Kier molecular flexibility index (Phi) is 3.01. The molecule has 14 heavy (non-hydrogen) atoms. The lowest BCUT2D eigenvalue weighted by molar-refractivity contribution is 0.661. The monoisotopic (exact) mass is 256 g/mol. The SMILES string of the molecule is O=c1[nH]c(C2CCCC2)ncc1CBr. The Morgan fingerprint density at radius 2 is 2.21 bits per heavy atom. The van der Waals surface area contributed by atoms with Gasteiger partial charge in [-0.25, -0.2) is 4.98 Å². The van der Waals surface area contributed by atoms with Gasteiger partial charge in [0.25, 0.3) is 5.56 Å². The van der Waals surface area contributed by atoms with Crippen molar-refractivity contribution in [3.05, 3.63) is 27.9 Å². The molecule has 0 saturated heterocycles. The molecule has 0 bridgehead atoms. The van der Waals surface area contributed by atoms with Gasteiger partial charge in [0.15, 0.2) is 0 Å². The van der Waals surface area contributed by atoms with Crippen LogP contribution in [0.1, 0.15) is 43.0 Å². The number of alkyl halides is 1. The number of aromatic nitrogens is 2. The number of nitrogens with zero attached hydrogens (tertiary/aromatic N) is 1. The first kappa shape index (κ1) is 9.90. The zero-order valence-corrected chi connectivity index (χ0v) is 9.51. The quantitative estimate of drug-likeness (QED) is 0.826. The molecule has 1 saturated carbocycles. The predicted octanol–water partition coefficient (Wildman–Crippen LogP) is 2.32. The molecule has 0 unspecified atom stereocenters. The van der Waals surface area contributed by atoms with Gasteiger partial charge in [-0.05, 0) is 12.8 Å². The van der Waals surface area contributed by atoms with Gasteiger partial charge in [-0.1, -0.05) is 28.8 Å². The molecule has 0 spiro atoms. The molecule has 0 aromatic carbocycles. The van der Waals surface area contributed by atoms with E-state index in [1.165, 1.54) is 12.8 Å². The van der Waals surface area contributed by atoms with Crippen LogP contribution in [-0.2, 0) is 5.33 Å². The molecular weight excluding hydrogens is 244 g/mol. The van der Waals surface area contributed by atoms with Crippen molar-refractivity contribution in [1.29, 1.82) is 0 Å². The summed E-state index contributed by atoms with van der Waals surface area (Å²) >= 11 is 3.26. The third-order valence-electron chi connectivity index (χ3n) is 2.78. The van der Waals surface area contributed by atoms with Crippen molar-refractivity contribution in [2.24, 2.45) is 0 Å². The second kappa shape index (κ2) is 4.26. The molecule has 0 aliphatic heterocycles. The molecule has 76 valence electrons. The van der Waals surface area contributed by atoms with E-state index in [0.717, 1.165) is 18.7 Å². The minimum Gasteiger partial charge on any atom is -0.310 e. The standard InChI is InChI=1S/C10H13BrN2O/c11-5-8-6-12-9(13-10(8)14)7-3-1-2-4-7/h6-7H,1-5H2,(H,12,13,14). The van der Waals surface area contributed by atoms with Crippen LogP contribution in [0.5, 0.6) is 0 Å². The number of aromatic amines is 1. The first-order valence-corrected chi connectivity index (χ1v) is 6.07. The molecule has 4 heteroatoms. The van der Waals surface area contributed by atoms with Crippen LogP contribution in [0.2, 0.25) is 0 Å². The molecule has 1 N–H and O–H groups in total. The lowest BCUT2D eigenvalue weighted by atomic mass is 10.1. The van der Waals surface area contributed by atoms with Crippen LogP contribution in [0.4, 0.5) is 0 Å². The zero-order valence-electron chi connectivity index (χ0n) is 7.92.